The summed E-state index contributed by atoms with van der Waals surface area (Å²) in [6, 6.07) is 13.9. The van der Waals surface area contributed by atoms with Gasteiger partial charge in [0.1, 0.15) is 0 Å². The highest BCUT2D eigenvalue weighted by Crippen LogP contribution is 2.62. The van der Waals surface area contributed by atoms with Crippen molar-refractivity contribution < 1.29 is 0 Å². The van der Waals surface area contributed by atoms with Gasteiger partial charge in [-0.25, -0.2) is 0 Å². The van der Waals surface area contributed by atoms with Crippen molar-refractivity contribution in [2.24, 2.45) is 0 Å². The van der Waals surface area contributed by atoms with E-state index < -0.39 is 0 Å². The van der Waals surface area contributed by atoms with Crippen molar-refractivity contribution in [2.75, 3.05) is 0 Å². The van der Waals surface area contributed by atoms with E-state index in [0.29, 0.717) is 5.41 Å². The van der Waals surface area contributed by atoms with Gasteiger partial charge in [0.15, 0.2) is 0 Å². The molecule has 0 nitrogen and oxygen atoms in total. The van der Waals surface area contributed by atoms with E-state index in [0.717, 1.165) is 0 Å². The molecule has 2 aromatic carbocycles. The standard InChI is InChI=1S/C17H16/c1-11-3-5-13-14-6-4-12(2)10-16(14)17(7-8-17)15(13)9-11/h3-6,9-10H,7-8H2,1-2H3. The molecule has 2 aromatic rings. The van der Waals surface area contributed by atoms with E-state index in [9.17, 15) is 0 Å². The zero-order valence-corrected chi connectivity index (χ0v) is 10.4. The van der Waals surface area contributed by atoms with Crippen molar-refractivity contribution in [1.82, 2.24) is 0 Å². The van der Waals surface area contributed by atoms with E-state index in [1.165, 1.54) is 35.1 Å². The summed E-state index contributed by atoms with van der Waals surface area (Å²) in [5.74, 6) is 0. The molecule has 84 valence electrons. The lowest BCUT2D eigenvalue weighted by molar-refractivity contribution is 0.876. The fourth-order valence-electron chi connectivity index (χ4n) is 3.39. The number of aryl methyl sites for hydroxylation is 2. The first kappa shape index (κ1) is 9.47. The smallest absolute Gasteiger partial charge is 0.0216 e. The van der Waals surface area contributed by atoms with Crippen LogP contribution in [-0.2, 0) is 5.41 Å². The highest BCUT2D eigenvalue weighted by molar-refractivity contribution is 5.83. The summed E-state index contributed by atoms with van der Waals surface area (Å²) >= 11 is 0. The monoisotopic (exact) mass is 220 g/mol. The van der Waals surface area contributed by atoms with Crippen molar-refractivity contribution in [3.63, 3.8) is 0 Å². The van der Waals surface area contributed by atoms with Crippen LogP contribution in [0.25, 0.3) is 11.1 Å². The van der Waals surface area contributed by atoms with Crippen molar-refractivity contribution in [2.45, 2.75) is 32.1 Å². The first-order valence-corrected chi connectivity index (χ1v) is 6.43. The number of fused-ring (bicyclic) bond motifs is 5. The molecule has 0 unspecified atom stereocenters. The van der Waals surface area contributed by atoms with Crippen LogP contribution in [0, 0.1) is 13.8 Å². The number of benzene rings is 2. The van der Waals surface area contributed by atoms with Crippen LogP contribution in [0.2, 0.25) is 0 Å². The summed E-state index contributed by atoms with van der Waals surface area (Å²) in [6.45, 7) is 4.40. The highest BCUT2D eigenvalue weighted by atomic mass is 14.5. The minimum absolute atomic E-state index is 0.392. The van der Waals surface area contributed by atoms with Crippen LogP contribution in [-0.4, -0.2) is 0 Å². The third kappa shape index (κ3) is 1.08. The molecule has 0 heteroatoms. The maximum atomic E-state index is 2.40. The Morgan fingerprint density at radius 3 is 1.65 bits per heavy atom. The van der Waals surface area contributed by atoms with Crippen molar-refractivity contribution in [3.8, 4) is 11.1 Å². The Morgan fingerprint density at radius 2 is 1.24 bits per heavy atom. The molecule has 1 spiro atoms. The molecule has 1 saturated carbocycles. The van der Waals surface area contributed by atoms with Crippen LogP contribution in [0.4, 0.5) is 0 Å². The molecule has 0 aliphatic heterocycles. The molecular weight excluding hydrogens is 204 g/mol. The molecule has 17 heavy (non-hydrogen) atoms. The normalized spacial score (nSPS) is 18.0. The van der Waals surface area contributed by atoms with Crippen LogP contribution >= 0.6 is 0 Å². The molecule has 0 saturated heterocycles. The molecule has 0 atom stereocenters. The Bertz CT molecular complexity index is 577. The average molecular weight is 220 g/mol. The summed E-state index contributed by atoms with van der Waals surface area (Å²) < 4.78 is 0. The largest absolute Gasteiger partial charge is 0.0587 e. The fraction of sp³-hybridized carbons (Fsp3) is 0.294. The van der Waals surface area contributed by atoms with Gasteiger partial charge in [0.2, 0.25) is 0 Å². The summed E-state index contributed by atoms with van der Waals surface area (Å²) in [4.78, 5) is 0. The van der Waals surface area contributed by atoms with Crippen molar-refractivity contribution in [1.29, 1.82) is 0 Å². The molecule has 1 fully saturated rings. The number of hydrogen-bond donors (Lipinski definition) is 0. The Kier molecular flexibility index (Phi) is 1.57. The fourth-order valence-corrected chi connectivity index (χ4v) is 3.39. The second-order valence-corrected chi connectivity index (χ2v) is 5.68. The topological polar surface area (TPSA) is 0 Å². The predicted octanol–water partition coefficient (Wildman–Crippen LogP) is 4.36. The molecule has 0 bridgehead atoms. The van der Waals surface area contributed by atoms with E-state index in [1.807, 2.05) is 0 Å². The molecule has 0 heterocycles. The summed E-state index contributed by atoms with van der Waals surface area (Å²) in [5, 5.41) is 0. The van der Waals surface area contributed by atoms with Crippen molar-refractivity contribution in [3.05, 3.63) is 58.7 Å². The first-order chi connectivity index (χ1) is 8.21. The Morgan fingerprint density at radius 1 is 0.765 bits per heavy atom. The van der Waals surface area contributed by atoms with Gasteiger partial charge < -0.3 is 0 Å². The summed E-state index contributed by atoms with van der Waals surface area (Å²) in [7, 11) is 0. The molecule has 0 radical (unpaired) electrons. The third-order valence-corrected chi connectivity index (χ3v) is 4.42. The lowest BCUT2D eigenvalue weighted by atomic mass is 9.92. The molecule has 0 N–H and O–H groups in total. The maximum Gasteiger partial charge on any atom is 0.0216 e. The Balaban J connectivity index is 2.09. The van der Waals surface area contributed by atoms with Gasteiger partial charge >= 0.3 is 0 Å². The number of rotatable bonds is 0. The van der Waals surface area contributed by atoms with E-state index in [2.05, 4.69) is 50.2 Å². The van der Waals surface area contributed by atoms with Gasteiger partial charge in [-0.05, 0) is 48.9 Å². The lowest BCUT2D eigenvalue weighted by Gasteiger charge is -2.11. The van der Waals surface area contributed by atoms with E-state index in [4.69, 9.17) is 0 Å². The summed E-state index contributed by atoms with van der Waals surface area (Å²) in [6.07, 6.45) is 2.67. The van der Waals surface area contributed by atoms with Gasteiger partial charge in [-0.15, -0.1) is 0 Å². The minimum atomic E-state index is 0.392. The number of hydrogen-bond acceptors (Lipinski definition) is 0. The Labute approximate surface area is 102 Å². The van der Waals surface area contributed by atoms with Crippen LogP contribution in [0.1, 0.15) is 35.1 Å². The molecule has 2 aliphatic rings. The van der Waals surface area contributed by atoms with Crippen LogP contribution in [0.15, 0.2) is 36.4 Å². The zero-order chi connectivity index (χ0) is 11.6. The second kappa shape index (κ2) is 2.81. The second-order valence-electron chi connectivity index (χ2n) is 5.68. The lowest BCUT2D eigenvalue weighted by Crippen LogP contribution is -2.03. The van der Waals surface area contributed by atoms with Gasteiger partial charge in [-0.3, -0.25) is 0 Å². The van der Waals surface area contributed by atoms with Gasteiger partial charge in [0.05, 0.1) is 0 Å². The third-order valence-electron chi connectivity index (χ3n) is 4.42. The molecule has 2 aliphatic carbocycles. The zero-order valence-electron chi connectivity index (χ0n) is 10.4. The minimum Gasteiger partial charge on any atom is -0.0587 e. The Hall–Kier alpha value is -1.56. The molecule has 0 aromatic heterocycles. The maximum absolute atomic E-state index is 2.40. The van der Waals surface area contributed by atoms with Crippen LogP contribution in [0.5, 0.6) is 0 Å². The van der Waals surface area contributed by atoms with E-state index >= 15 is 0 Å². The molecule has 0 amide bonds. The van der Waals surface area contributed by atoms with Gasteiger partial charge in [-0.1, -0.05) is 47.5 Å². The van der Waals surface area contributed by atoms with Crippen molar-refractivity contribution >= 4 is 0 Å². The predicted molar refractivity (Wildman–Crippen MR) is 71.4 cm³/mol. The van der Waals surface area contributed by atoms with E-state index in [-0.39, 0.29) is 0 Å². The highest BCUT2D eigenvalue weighted by Gasteiger charge is 2.52. The van der Waals surface area contributed by atoms with Gasteiger partial charge in [0.25, 0.3) is 0 Å². The average Bonchev–Trinajstić information content (AvgIpc) is 3.06. The quantitative estimate of drug-likeness (QED) is 0.618. The van der Waals surface area contributed by atoms with Crippen LogP contribution < -0.4 is 0 Å². The SMILES string of the molecule is Cc1ccc2c(c1)C1(CC1)c1cc(C)ccc1-2. The molecule has 4 rings (SSSR count). The van der Waals surface area contributed by atoms with E-state index in [1.54, 1.807) is 11.1 Å². The first-order valence-electron chi connectivity index (χ1n) is 6.43. The van der Waals surface area contributed by atoms with Gasteiger partial charge in [-0.2, -0.15) is 0 Å². The van der Waals surface area contributed by atoms with Crippen LogP contribution in [0.3, 0.4) is 0 Å². The van der Waals surface area contributed by atoms with Gasteiger partial charge in [0, 0.05) is 5.41 Å². The molecular formula is C17H16. The summed E-state index contributed by atoms with van der Waals surface area (Å²) in [5.41, 5.74) is 9.28.